The average molecular weight is 370 g/mol. The van der Waals surface area contributed by atoms with E-state index in [-0.39, 0.29) is 28.8 Å². The van der Waals surface area contributed by atoms with Gasteiger partial charge in [0.05, 0.1) is 16.9 Å². The number of alkyl halides is 3. The van der Waals surface area contributed by atoms with Crippen molar-refractivity contribution < 1.29 is 28.0 Å². The number of carbonyl (C=O) groups is 1. The summed E-state index contributed by atoms with van der Waals surface area (Å²) in [6, 6.07) is 3.90. The largest absolute Gasteiger partial charge is 0.481 e. The molecular formula is C16H13F3N2O5. The number of nitrogens with zero attached hydrogens (tertiary/aromatic N) is 1. The molecule has 0 aliphatic rings. The van der Waals surface area contributed by atoms with Crippen LogP contribution in [0.2, 0.25) is 0 Å². The summed E-state index contributed by atoms with van der Waals surface area (Å²) in [6.45, 7) is 1.40. The van der Waals surface area contributed by atoms with Gasteiger partial charge in [-0.05, 0) is 30.2 Å². The van der Waals surface area contributed by atoms with E-state index in [1.165, 1.54) is 6.92 Å². The van der Waals surface area contributed by atoms with E-state index in [2.05, 4.69) is 4.98 Å². The topological polar surface area (TPSA) is 113 Å². The van der Waals surface area contributed by atoms with Crippen molar-refractivity contribution in [2.75, 3.05) is 0 Å². The number of aromatic nitrogens is 1. The Bertz CT molecular complexity index is 917. The molecule has 0 aliphatic carbocycles. The minimum Gasteiger partial charge on any atom is -0.481 e. The summed E-state index contributed by atoms with van der Waals surface area (Å²) in [5.41, 5.74) is -2.33. The fraction of sp³-hybridized carbons (Fsp3) is 0.250. The van der Waals surface area contributed by atoms with Crippen molar-refractivity contribution in [1.29, 1.82) is 0 Å². The maximum Gasteiger partial charge on any atom is 0.416 e. The lowest BCUT2D eigenvalue weighted by atomic mass is 9.95. The van der Waals surface area contributed by atoms with Crippen LogP contribution < -0.4 is 5.56 Å². The number of H-pyrrole nitrogens is 1. The van der Waals surface area contributed by atoms with Crippen LogP contribution in [0.5, 0.6) is 0 Å². The summed E-state index contributed by atoms with van der Waals surface area (Å²) in [7, 11) is 0. The normalized spacial score (nSPS) is 11.4. The predicted molar refractivity (Wildman–Crippen MR) is 84.0 cm³/mol. The molecular weight excluding hydrogens is 357 g/mol. The Morgan fingerprint density at radius 3 is 2.27 bits per heavy atom. The minimum absolute atomic E-state index is 0.0590. The zero-order chi connectivity index (χ0) is 19.6. The molecule has 0 saturated heterocycles. The van der Waals surface area contributed by atoms with Crippen molar-refractivity contribution in [2.45, 2.75) is 25.9 Å². The summed E-state index contributed by atoms with van der Waals surface area (Å²) in [5, 5.41) is 20.3. The Labute approximate surface area is 144 Å². The van der Waals surface area contributed by atoms with Gasteiger partial charge in [-0.2, -0.15) is 13.2 Å². The second-order valence-electron chi connectivity index (χ2n) is 5.58. The number of nitro groups is 1. The molecule has 0 fully saturated rings. The molecule has 0 spiro atoms. The standard InChI is InChI=1S/C16H13F3N2O5/c1-8-11(7-13(22)23)12(14(21(25)26)15(24)20-8)6-9-2-4-10(5-3-9)16(17,18)19/h2-5H,6-7H2,1H3,(H,20,24)(H,22,23). The first-order valence-electron chi connectivity index (χ1n) is 7.27. The van der Waals surface area contributed by atoms with Crippen molar-refractivity contribution in [1.82, 2.24) is 4.98 Å². The van der Waals surface area contributed by atoms with Gasteiger partial charge in [-0.25, -0.2) is 0 Å². The Morgan fingerprint density at radius 2 is 1.81 bits per heavy atom. The van der Waals surface area contributed by atoms with E-state index in [1.54, 1.807) is 0 Å². The number of benzene rings is 1. The first kappa shape index (κ1) is 19.2. The highest BCUT2D eigenvalue weighted by atomic mass is 19.4. The summed E-state index contributed by atoms with van der Waals surface area (Å²) in [5.74, 6) is -1.26. The maximum absolute atomic E-state index is 12.6. The number of carboxylic acid groups (broad SMARTS) is 1. The van der Waals surface area contributed by atoms with Crippen molar-refractivity contribution in [3.8, 4) is 0 Å². The number of hydrogen-bond donors (Lipinski definition) is 2. The number of aromatic amines is 1. The van der Waals surface area contributed by atoms with Crippen LogP contribution in [0.15, 0.2) is 29.1 Å². The molecule has 138 valence electrons. The van der Waals surface area contributed by atoms with E-state index >= 15 is 0 Å². The van der Waals surface area contributed by atoms with Gasteiger partial charge in [0.1, 0.15) is 0 Å². The molecule has 2 N–H and O–H groups in total. The van der Waals surface area contributed by atoms with Crippen LogP contribution in [0.3, 0.4) is 0 Å². The number of nitrogens with one attached hydrogen (secondary N) is 1. The zero-order valence-corrected chi connectivity index (χ0v) is 13.4. The number of carboxylic acids is 1. The molecule has 1 heterocycles. The van der Waals surface area contributed by atoms with Gasteiger partial charge in [-0.3, -0.25) is 19.7 Å². The lowest BCUT2D eigenvalue weighted by Crippen LogP contribution is -2.20. The fourth-order valence-electron chi connectivity index (χ4n) is 2.60. The molecule has 26 heavy (non-hydrogen) atoms. The van der Waals surface area contributed by atoms with Crippen LogP contribution in [0.25, 0.3) is 0 Å². The molecule has 0 amide bonds. The van der Waals surface area contributed by atoms with Gasteiger partial charge in [0.25, 0.3) is 0 Å². The first-order chi connectivity index (χ1) is 12.0. The third-order valence-electron chi connectivity index (χ3n) is 3.79. The van der Waals surface area contributed by atoms with Gasteiger partial charge in [0.15, 0.2) is 0 Å². The molecule has 10 heteroatoms. The third kappa shape index (κ3) is 4.08. The molecule has 0 radical (unpaired) electrons. The predicted octanol–water partition coefficient (Wildman–Crippen LogP) is 2.83. The van der Waals surface area contributed by atoms with E-state index in [4.69, 9.17) is 5.11 Å². The van der Waals surface area contributed by atoms with Crippen molar-refractivity contribution >= 4 is 11.7 Å². The number of halogens is 3. The number of aryl methyl sites for hydroxylation is 1. The second kappa shape index (κ2) is 6.98. The molecule has 0 bridgehead atoms. The Morgan fingerprint density at radius 1 is 1.23 bits per heavy atom. The molecule has 0 unspecified atom stereocenters. The van der Waals surface area contributed by atoms with Gasteiger partial charge in [0.2, 0.25) is 0 Å². The maximum atomic E-state index is 12.6. The second-order valence-corrected chi connectivity index (χ2v) is 5.58. The summed E-state index contributed by atoms with van der Waals surface area (Å²) < 4.78 is 37.9. The molecule has 2 rings (SSSR count). The van der Waals surface area contributed by atoms with Crippen molar-refractivity contribution in [3.63, 3.8) is 0 Å². The van der Waals surface area contributed by atoms with E-state index in [9.17, 15) is 32.9 Å². The first-order valence-corrected chi connectivity index (χ1v) is 7.27. The highest BCUT2D eigenvalue weighted by Gasteiger charge is 2.30. The van der Waals surface area contributed by atoms with Gasteiger partial charge in [0, 0.05) is 17.7 Å². The van der Waals surface area contributed by atoms with Crippen LogP contribution in [0, 0.1) is 17.0 Å². The van der Waals surface area contributed by atoms with E-state index in [0.29, 0.717) is 0 Å². The van der Waals surface area contributed by atoms with E-state index < -0.39 is 40.3 Å². The Balaban J connectivity index is 2.58. The van der Waals surface area contributed by atoms with Crippen molar-refractivity contribution in [3.05, 3.63) is 72.7 Å². The van der Waals surface area contributed by atoms with Crippen molar-refractivity contribution in [2.24, 2.45) is 0 Å². The molecule has 1 aromatic heterocycles. The van der Waals surface area contributed by atoms with Crippen LogP contribution in [0.4, 0.5) is 18.9 Å². The Hall–Kier alpha value is -3.17. The summed E-state index contributed by atoms with van der Waals surface area (Å²) in [4.78, 5) is 35.6. The highest BCUT2D eigenvalue weighted by Crippen LogP contribution is 2.30. The number of rotatable bonds is 5. The molecule has 7 nitrogen and oxygen atoms in total. The van der Waals surface area contributed by atoms with Gasteiger partial charge >= 0.3 is 23.4 Å². The highest BCUT2D eigenvalue weighted by molar-refractivity contribution is 5.72. The zero-order valence-electron chi connectivity index (χ0n) is 13.4. The third-order valence-corrected chi connectivity index (χ3v) is 3.79. The summed E-state index contributed by atoms with van der Waals surface area (Å²) >= 11 is 0. The van der Waals surface area contributed by atoms with Crippen LogP contribution in [-0.4, -0.2) is 21.0 Å². The monoisotopic (exact) mass is 370 g/mol. The average Bonchev–Trinajstić information content (AvgIpc) is 2.50. The van der Waals surface area contributed by atoms with Gasteiger partial charge < -0.3 is 10.1 Å². The number of hydrogen-bond acceptors (Lipinski definition) is 4. The molecule has 0 atom stereocenters. The van der Waals surface area contributed by atoms with Crippen LogP contribution in [-0.2, 0) is 23.8 Å². The fourth-order valence-corrected chi connectivity index (χ4v) is 2.60. The molecule has 1 aromatic carbocycles. The quantitative estimate of drug-likeness (QED) is 0.621. The van der Waals surface area contributed by atoms with E-state index in [0.717, 1.165) is 24.3 Å². The van der Waals surface area contributed by atoms with Crippen LogP contribution in [0.1, 0.15) is 27.9 Å². The Kier molecular flexibility index (Phi) is 5.15. The SMILES string of the molecule is Cc1[nH]c(=O)c([N+](=O)[O-])c(Cc2ccc(C(F)(F)F)cc2)c1CC(=O)O. The minimum atomic E-state index is -4.53. The molecule has 2 aromatic rings. The van der Waals surface area contributed by atoms with E-state index in [1.807, 2.05) is 0 Å². The smallest absolute Gasteiger partial charge is 0.416 e. The lowest BCUT2D eigenvalue weighted by molar-refractivity contribution is -0.387. The van der Waals surface area contributed by atoms with Gasteiger partial charge in [-0.1, -0.05) is 12.1 Å². The lowest BCUT2D eigenvalue weighted by Gasteiger charge is -2.12. The molecule has 0 aliphatic heterocycles. The van der Waals surface area contributed by atoms with Gasteiger partial charge in [-0.15, -0.1) is 0 Å². The van der Waals surface area contributed by atoms with Crippen LogP contribution >= 0.6 is 0 Å². The summed E-state index contributed by atoms with van der Waals surface area (Å²) in [6.07, 6.45) is -5.35. The number of pyridine rings is 1. The molecule has 0 saturated carbocycles. The number of aliphatic carboxylic acids is 1.